The maximum atomic E-state index is 5.82. The third-order valence-corrected chi connectivity index (χ3v) is 4.52. The van der Waals surface area contributed by atoms with Crippen LogP contribution in [0.25, 0.3) is 55.7 Å². The van der Waals surface area contributed by atoms with E-state index in [4.69, 9.17) is 8.83 Å². The average molecular weight is 338 g/mol. The molecule has 26 heavy (non-hydrogen) atoms. The number of rotatable bonds is 1. The van der Waals surface area contributed by atoms with Gasteiger partial charge in [0.15, 0.2) is 0 Å². The largest absolute Gasteiger partial charge is 0.436 e. The van der Waals surface area contributed by atoms with E-state index >= 15 is 0 Å². The quantitative estimate of drug-likeness (QED) is 0.431. The second-order valence-electron chi connectivity index (χ2n) is 6.03. The number of benzene rings is 1. The molecule has 0 radical (unpaired) electrons. The van der Waals surface area contributed by atoms with E-state index < -0.39 is 0 Å². The fraction of sp³-hybridized carbons (Fsp3) is 0. The molecule has 122 valence electrons. The fourth-order valence-electron chi connectivity index (χ4n) is 3.30. The topological polar surface area (TPSA) is 77.8 Å². The van der Waals surface area contributed by atoms with Gasteiger partial charge in [-0.2, -0.15) is 0 Å². The first kappa shape index (κ1) is 13.5. The van der Waals surface area contributed by atoms with Gasteiger partial charge in [0, 0.05) is 40.3 Å². The van der Waals surface area contributed by atoms with Crippen molar-refractivity contribution in [3.63, 3.8) is 0 Å². The van der Waals surface area contributed by atoms with Crippen LogP contribution >= 0.6 is 0 Å². The van der Waals surface area contributed by atoms with E-state index in [0.717, 1.165) is 38.5 Å². The minimum atomic E-state index is 0.534. The molecule has 0 unspecified atom stereocenters. The maximum Gasteiger partial charge on any atom is 0.246 e. The van der Waals surface area contributed by atoms with E-state index in [-0.39, 0.29) is 0 Å². The van der Waals surface area contributed by atoms with Gasteiger partial charge in [-0.15, -0.1) is 0 Å². The molecule has 1 aromatic carbocycles. The molecule has 5 heterocycles. The summed E-state index contributed by atoms with van der Waals surface area (Å²) in [5.41, 5.74) is 4.94. The first-order chi connectivity index (χ1) is 12.9. The van der Waals surface area contributed by atoms with Gasteiger partial charge in [-0.3, -0.25) is 0 Å². The number of hydrogen-bond donors (Lipinski definition) is 0. The molecule has 6 aromatic rings. The van der Waals surface area contributed by atoms with Crippen LogP contribution in [0.1, 0.15) is 0 Å². The highest BCUT2D eigenvalue weighted by Crippen LogP contribution is 2.32. The predicted octanol–water partition coefficient (Wildman–Crippen LogP) is 4.73. The number of hydrogen-bond acceptors (Lipinski definition) is 6. The molecule has 6 nitrogen and oxygen atoms in total. The molecule has 5 aromatic heterocycles. The number of furan rings is 2. The predicted molar refractivity (Wildman–Crippen MR) is 97.6 cm³/mol. The number of nitrogens with zero attached hydrogens (tertiary/aromatic N) is 4. The second-order valence-corrected chi connectivity index (χ2v) is 6.03. The lowest BCUT2D eigenvalue weighted by Crippen LogP contribution is -1.83. The van der Waals surface area contributed by atoms with Gasteiger partial charge in [-0.1, -0.05) is 6.07 Å². The molecule has 6 heteroatoms. The normalized spacial score (nSPS) is 11.8. The zero-order chi connectivity index (χ0) is 17.1. The monoisotopic (exact) mass is 338 g/mol. The van der Waals surface area contributed by atoms with E-state index in [1.807, 2.05) is 42.5 Å². The summed E-state index contributed by atoms with van der Waals surface area (Å²) in [5, 5.41) is 2.85. The van der Waals surface area contributed by atoms with Crippen molar-refractivity contribution >= 4 is 44.4 Å². The van der Waals surface area contributed by atoms with Crippen LogP contribution in [0.2, 0.25) is 0 Å². The van der Waals surface area contributed by atoms with Crippen LogP contribution in [0.4, 0.5) is 0 Å². The molecule has 0 amide bonds. The van der Waals surface area contributed by atoms with Crippen LogP contribution in [-0.4, -0.2) is 19.9 Å². The summed E-state index contributed by atoms with van der Waals surface area (Å²) < 4.78 is 11.6. The zero-order valence-corrected chi connectivity index (χ0v) is 13.4. The molecule has 0 fully saturated rings. The van der Waals surface area contributed by atoms with Gasteiger partial charge in [0.25, 0.3) is 0 Å². The Morgan fingerprint density at radius 2 is 1.50 bits per heavy atom. The lowest BCUT2D eigenvalue weighted by molar-refractivity contribution is 0.640. The first-order valence-corrected chi connectivity index (χ1v) is 8.15. The molecule has 0 atom stereocenters. The molecule has 0 saturated carbocycles. The Balaban J connectivity index is 1.57. The van der Waals surface area contributed by atoms with Gasteiger partial charge in [0.05, 0.1) is 5.69 Å². The molecule has 0 bridgehead atoms. The minimum absolute atomic E-state index is 0.534. The summed E-state index contributed by atoms with van der Waals surface area (Å²) in [6, 6.07) is 13.8. The molecular formula is C20H10N4O2. The number of aromatic nitrogens is 4. The van der Waals surface area contributed by atoms with Gasteiger partial charge < -0.3 is 8.83 Å². The van der Waals surface area contributed by atoms with Crippen molar-refractivity contribution in [1.29, 1.82) is 0 Å². The summed E-state index contributed by atoms with van der Waals surface area (Å²) in [5.74, 6) is 0. The Hall–Kier alpha value is -3.80. The van der Waals surface area contributed by atoms with Crippen molar-refractivity contribution in [3.05, 3.63) is 61.1 Å². The van der Waals surface area contributed by atoms with Crippen LogP contribution in [-0.2, 0) is 0 Å². The van der Waals surface area contributed by atoms with Crippen molar-refractivity contribution in [2.24, 2.45) is 0 Å². The SMILES string of the molecule is c1cnc2oc3nc(-c4ccc5c(c4)oc4nccnc45)ccc3c2c1. The highest BCUT2D eigenvalue weighted by molar-refractivity contribution is 6.04. The molecule has 0 aliphatic heterocycles. The zero-order valence-electron chi connectivity index (χ0n) is 13.4. The molecule has 0 spiro atoms. The Morgan fingerprint density at radius 3 is 2.50 bits per heavy atom. The fourth-order valence-corrected chi connectivity index (χ4v) is 3.30. The van der Waals surface area contributed by atoms with E-state index in [0.29, 0.717) is 17.1 Å². The van der Waals surface area contributed by atoms with Crippen LogP contribution < -0.4 is 0 Å². The molecule has 0 N–H and O–H groups in total. The minimum Gasteiger partial charge on any atom is -0.436 e. The summed E-state index contributed by atoms with van der Waals surface area (Å²) >= 11 is 0. The van der Waals surface area contributed by atoms with Crippen molar-refractivity contribution < 1.29 is 8.83 Å². The first-order valence-electron chi connectivity index (χ1n) is 8.15. The molecule has 6 rings (SSSR count). The van der Waals surface area contributed by atoms with Gasteiger partial charge >= 0.3 is 0 Å². The van der Waals surface area contributed by atoms with Crippen LogP contribution in [0.3, 0.4) is 0 Å². The van der Waals surface area contributed by atoms with Crippen LogP contribution in [0.5, 0.6) is 0 Å². The Kier molecular flexibility index (Phi) is 2.52. The average Bonchev–Trinajstić information content (AvgIpc) is 3.24. The van der Waals surface area contributed by atoms with Gasteiger partial charge in [-0.05, 0) is 36.4 Å². The van der Waals surface area contributed by atoms with Gasteiger partial charge in [0.2, 0.25) is 17.1 Å². The van der Waals surface area contributed by atoms with E-state index in [1.165, 1.54) is 0 Å². The second kappa shape index (κ2) is 4.86. The summed E-state index contributed by atoms with van der Waals surface area (Å²) in [6.07, 6.45) is 5.00. The van der Waals surface area contributed by atoms with Gasteiger partial charge in [-0.25, -0.2) is 19.9 Å². The summed E-state index contributed by atoms with van der Waals surface area (Å²) in [6.45, 7) is 0. The molecular weight excluding hydrogens is 328 g/mol. The smallest absolute Gasteiger partial charge is 0.246 e. The Labute approximate surface area is 146 Å². The Bertz CT molecular complexity index is 1340. The van der Waals surface area contributed by atoms with Crippen molar-refractivity contribution in [1.82, 2.24) is 19.9 Å². The van der Waals surface area contributed by atoms with Crippen molar-refractivity contribution in [2.45, 2.75) is 0 Å². The third-order valence-electron chi connectivity index (χ3n) is 4.52. The number of fused-ring (bicyclic) bond motifs is 6. The summed E-state index contributed by atoms with van der Waals surface area (Å²) in [7, 11) is 0. The van der Waals surface area contributed by atoms with Gasteiger partial charge in [0.1, 0.15) is 11.1 Å². The highest BCUT2D eigenvalue weighted by Gasteiger charge is 2.13. The third kappa shape index (κ3) is 1.81. The van der Waals surface area contributed by atoms with E-state index in [1.54, 1.807) is 18.6 Å². The molecule has 0 aliphatic rings. The summed E-state index contributed by atoms with van der Waals surface area (Å²) in [4.78, 5) is 17.5. The van der Waals surface area contributed by atoms with Crippen molar-refractivity contribution in [3.8, 4) is 11.3 Å². The van der Waals surface area contributed by atoms with E-state index in [2.05, 4.69) is 19.9 Å². The van der Waals surface area contributed by atoms with Crippen LogP contribution in [0.15, 0.2) is 69.9 Å². The van der Waals surface area contributed by atoms with Crippen LogP contribution in [0, 0.1) is 0 Å². The highest BCUT2D eigenvalue weighted by atomic mass is 16.3. The van der Waals surface area contributed by atoms with Crippen molar-refractivity contribution in [2.75, 3.05) is 0 Å². The lowest BCUT2D eigenvalue weighted by Gasteiger charge is -2.00. The molecule has 0 aliphatic carbocycles. The Morgan fingerprint density at radius 1 is 0.654 bits per heavy atom. The standard InChI is InChI=1S/C20H10N4O2/c1-2-12-13-5-6-15(24-19(13)26-18(12)22-7-1)11-3-4-14-16(10-11)25-20-17(14)21-8-9-23-20/h1-10H. The van der Waals surface area contributed by atoms with E-state index in [9.17, 15) is 0 Å². The molecule has 0 saturated heterocycles. The number of pyridine rings is 2. The maximum absolute atomic E-state index is 5.82. The lowest BCUT2D eigenvalue weighted by atomic mass is 10.1.